The summed E-state index contributed by atoms with van der Waals surface area (Å²) in [7, 11) is 1.53. The number of methoxy groups -OCH3 is 1. The summed E-state index contributed by atoms with van der Waals surface area (Å²) < 4.78 is 17.7. The van der Waals surface area contributed by atoms with Gasteiger partial charge in [0, 0.05) is 6.07 Å². The van der Waals surface area contributed by atoms with Crippen LogP contribution in [-0.2, 0) is 0 Å². The fraction of sp³-hybridized carbons (Fsp3) is 0.0833. The van der Waals surface area contributed by atoms with Crippen molar-refractivity contribution in [1.82, 2.24) is 9.97 Å². The molecule has 0 amide bonds. The highest BCUT2D eigenvalue weighted by atomic mass is 19.1. The third-order valence-corrected chi connectivity index (χ3v) is 2.21. The highest BCUT2D eigenvalue weighted by Crippen LogP contribution is 2.23. The van der Waals surface area contributed by atoms with Crippen LogP contribution in [-0.4, -0.2) is 17.1 Å². The molecule has 0 aliphatic rings. The normalized spacial score (nSPS) is 9.61. The first kappa shape index (κ1) is 11.8. The lowest BCUT2D eigenvalue weighted by Crippen LogP contribution is -1.99. The monoisotopic (exact) mass is 244 g/mol. The number of nitriles is 1. The van der Waals surface area contributed by atoms with Crippen LogP contribution in [0.15, 0.2) is 30.6 Å². The van der Waals surface area contributed by atoms with Gasteiger partial charge >= 0.3 is 0 Å². The zero-order valence-corrected chi connectivity index (χ0v) is 9.51. The Bertz CT molecular complexity index is 592. The minimum Gasteiger partial charge on any atom is -0.497 e. The average molecular weight is 244 g/mol. The SMILES string of the molecule is COc1ccc(C#N)c(Nc2ncc(F)cn2)c1. The summed E-state index contributed by atoms with van der Waals surface area (Å²) in [5, 5.41) is 11.8. The minimum atomic E-state index is -0.522. The van der Waals surface area contributed by atoms with Gasteiger partial charge in [0.2, 0.25) is 5.95 Å². The van der Waals surface area contributed by atoms with E-state index in [1.807, 2.05) is 6.07 Å². The lowest BCUT2D eigenvalue weighted by Gasteiger charge is -2.08. The number of halogens is 1. The van der Waals surface area contributed by atoms with Crippen molar-refractivity contribution in [1.29, 1.82) is 5.26 Å². The number of nitrogens with zero attached hydrogens (tertiary/aromatic N) is 3. The number of anilines is 2. The molecule has 0 spiro atoms. The first-order chi connectivity index (χ1) is 8.72. The number of hydrogen-bond acceptors (Lipinski definition) is 5. The summed E-state index contributed by atoms with van der Waals surface area (Å²) in [5.41, 5.74) is 0.923. The standard InChI is InChI=1S/C12H9FN4O/c1-18-10-3-2-8(5-14)11(4-10)17-12-15-6-9(13)7-16-12/h2-4,6-7H,1H3,(H,15,16,17). The Hall–Kier alpha value is -2.68. The van der Waals surface area contributed by atoms with Crippen LogP contribution in [0.1, 0.15) is 5.56 Å². The second kappa shape index (κ2) is 5.10. The molecular formula is C12H9FN4O. The van der Waals surface area contributed by atoms with Crippen LogP contribution < -0.4 is 10.1 Å². The summed E-state index contributed by atoms with van der Waals surface area (Å²) in [6.45, 7) is 0. The molecule has 5 nitrogen and oxygen atoms in total. The number of aromatic nitrogens is 2. The quantitative estimate of drug-likeness (QED) is 0.896. The van der Waals surface area contributed by atoms with Crippen molar-refractivity contribution in [3.8, 4) is 11.8 Å². The molecule has 1 heterocycles. The van der Waals surface area contributed by atoms with Gasteiger partial charge in [-0.3, -0.25) is 0 Å². The Morgan fingerprint density at radius 3 is 2.67 bits per heavy atom. The molecule has 0 aliphatic heterocycles. The van der Waals surface area contributed by atoms with Crippen LogP contribution in [0.25, 0.3) is 0 Å². The maximum Gasteiger partial charge on any atom is 0.227 e. The molecule has 1 N–H and O–H groups in total. The summed E-state index contributed by atoms with van der Waals surface area (Å²) in [6, 6.07) is 6.97. The minimum absolute atomic E-state index is 0.209. The Morgan fingerprint density at radius 2 is 2.06 bits per heavy atom. The second-order valence-corrected chi connectivity index (χ2v) is 3.37. The Balaban J connectivity index is 2.32. The molecule has 0 aliphatic carbocycles. The number of hydrogen-bond donors (Lipinski definition) is 1. The summed E-state index contributed by atoms with van der Waals surface area (Å²) in [6.07, 6.45) is 2.09. The van der Waals surface area contributed by atoms with Gasteiger partial charge in [-0.15, -0.1) is 0 Å². The van der Waals surface area contributed by atoms with E-state index in [-0.39, 0.29) is 5.95 Å². The van der Waals surface area contributed by atoms with Gasteiger partial charge < -0.3 is 10.1 Å². The molecule has 1 aromatic heterocycles. The van der Waals surface area contributed by atoms with Crippen molar-refractivity contribution in [2.45, 2.75) is 0 Å². The number of rotatable bonds is 3. The lowest BCUT2D eigenvalue weighted by molar-refractivity contribution is 0.415. The predicted octanol–water partition coefficient (Wildman–Crippen LogP) is 2.24. The van der Waals surface area contributed by atoms with Crippen LogP contribution >= 0.6 is 0 Å². The van der Waals surface area contributed by atoms with E-state index < -0.39 is 5.82 Å². The lowest BCUT2D eigenvalue weighted by atomic mass is 10.2. The zero-order valence-electron chi connectivity index (χ0n) is 9.51. The highest BCUT2D eigenvalue weighted by Gasteiger charge is 2.06. The van der Waals surface area contributed by atoms with Crippen molar-refractivity contribution in [2.75, 3.05) is 12.4 Å². The van der Waals surface area contributed by atoms with Gasteiger partial charge in [-0.05, 0) is 12.1 Å². The van der Waals surface area contributed by atoms with E-state index in [1.54, 1.807) is 18.2 Å². The van der Waals surface area contributed by atoms with Crippen LogP contribution in [0.5, 0.6) is 5.75 Å². The van der Waals surface area contributed by atoms with Gasteiger partial charge in [0.1, 0.15) is 11.8 Å². The van der Waals surface area contributed by atoms with Crippen molar-refractivity contribution in [2.24, 2.45) is 0 Å². The molecule has 0 unspecified atom stereocenters. The molecule has 90 valence electrons. The fourth-order valence-electron chi connectivity index (χ4n) is 1.35. The van der Waals surface area contributed by atoms with Crippen molar-refractivity contribution in [3.05, 3.63) is 42.0 Å². The average Bonchev–Trinajstić information content (AvgIpc) is 2.41. The van der Waals surface area contributed by atoms with Crippen LogP contribution in [0, 0.1) is 17.1 Å². The van der Waals surface area contributed by atoms with E-state index >= 15 is 0 Å². The van der Waals surface area contributed by atoms with E-state index in [2.05, 4.69) is 15.3 Å². The van der Waals surface area contributed by atoms with Crippen LogP contribution in [0.4, 0.5) is 16.0 Å². The van der Waals surface area contributed by atoms with Crippen LogP contribution in [0.3, 0.4) is 0 Å². The largest absolute Gasteiger partial charge is 0.497 e. The van der Waals surface area contributed by atoms with E-state index in [1.165, 1.54) is 7.11 Å². The summed E-state index contributed by atoms with van der Waals surface area (Å²) >= 11 is 0. The molecule has 18 heavy (non-hydrogen) atoms. The number of ether oxygens (including phenoxy) is 1. The van der Waals surface area contributed by atoms with E-state index in [9.17, 15) is 4.39 Å². The van der Waals surface area contributed by atoms with E-state index in [0.29, 0.717) is 17.0 Å². The van der Waals surface area contributed by atoms with Crippen molar-refractivity contribution in [3.63, 3.8) is 0 Å². The molecule has 2 rings (SSSR count). The fourth-order valence-corrected chi connectivity index (χ4v) is 1.35. The smallest absolute Gasteiger partial charge is 0.227 e. The first-order valence-corrected chi connectivity index (χ1v) is 5.05. The van der Waals surface area contributed by atoms with E-state index in [0.717, 1.165) is 12.4 Å². The summed E-state index contributed by atoms with van der Waals surface area (Å²) in [4.78, 5) is 7.51. The first-order valence-electron chi connectivity index (χ1n) is 5.05. The van der Waals surface area contributed by atoms with Gasteiger partial charge in [0.15, 0.2) is 5.82 Å². The predicted molar refractivity (Wildman–Crippen MR) is 63.0 cm³/mol. The Morgan fingerprint density at radius 1 is 1.33 bits per heavy atom. The zero-order chi connectivity index (χ0) is 13.0. The van der Waals surface area contributed by atoms with E-state index in [4.69, 9.17) is 10.00 Å². The Kier molecular flexibility index (Phi) is 3.34. The maximum absolute atomic E-state index is 12.7. The number of nitrogens with one attached hydrogen (secondary N) is 1. The molecule has 0 atom stereocenters. The Labute approximate surface area is 103 Å². The third-order valence-electron chi connectivity index (χ3n) is 2.21. The molecule has 0 saturated heterocycles. The maximum atomic E-state index is 12.7. The van der Waals surface area contributed by atoms with Gasteiger partial charge in [0.25, 0.3) is 0 Å². The molecule has 0 fully saturated rings. The molecular weight excluding hydrogens is 235 g/mol. The molecule has 6 heteroatoms. The molecule has 0 radical (unpaired) electrons. The number of benzene rings is 1. The molecule has 0 bridgehead atoms. The molecule has 1 aromatic carbocycles. The summed E-state index contributed by atoms with van der Waals surface area (Å²) in [5.74, 6) is 0.284. The second-order valence-electron chi connectivity index (χ2n) is 3.37. The van der Waals surface area contributed by atoms with Gasteiger partial charge in [0.05, 0.1) is 30.8 Å². The van der Waals surface area contributed by atoms with Crippen molar-refractivity contribution >= 4 is 11.6 Å². The molecule has 2 aromatic rings. The van der Waals surface area contributed by atoms with Crippen molar-refractivity contribution < 1.29 is 9.13 Å². The van der Waals surface area contributed by atoms with Gasteiger partial charge in [-0.2, -0.15) is 5.26 Å². The van der Waals surface area contributed by atoms with Crippen LogP contribution in [0.2, 0.25) is 0 Å². The topological polar surface area (TPSA) is 70.8 Å². The molecule has 0 saturated carbocycles. The van der Waals surface area contributed by atoms with Gasteiger partial charge in [-0.25, -0.2) is 14.4 Å². The van der Waals surface area contributed by atoms with Gasteiger partial charge in [-0.1, -0.05) is 0 Å². The third kappa shape index (κ3) is 2.52. The highest BCUT2D eigenvalue weighted by molar-refractivity contribution is 5.65.